The van der Waals surface area contributed by atoms with Crippen LogP contribution in [0.4, 0.5) is 5.69 Å². The summed E-state index contributed by atoms with van der Waals surface area (Å²) < 4.78 is 1.63. The minimum atomic E-state index is -0.230. The topological polar surface area (TPSA) is 68.0 Å². The van der Waals surface area contributed by atoms with Gasteiger partial charge in [0, 0.05) is 20.7 Å². The van der Waals surface area contributed by atoms with E-state index >= 15 is 0 Å². The van der Waals surface area contributed by atoms with Gasteiger partial charge in [0.15, 0.2) is 0 Å². The first kappa shape index (κ1) is 14.6. The lowest BCUT2D eigenvalue weighted by Crippen LogP contribution is -2.13. The Balaban J connectivity index is 2.16. The van der Waals surface area contributed by atoms with Crippen molar-refractivity contribution in [3.8, 4) is 0 Å². The van der Waals surface area contributed by atoms with E-state index in [0.29, 0.717) is 24.3 Å². The van der Waals surface area contributed by atoms with E-state index in [9.17, 15) is 4.79 Å². The molecule has 2 aromatic rings. The average Bonchev–Trinajstić information content (AvgIpc) is 2.83. The van der Waals surface area contributed by atoms with Gasteiger partial charge in [-0.15, -0.1) is 11.3 Å². The van der Waals surface area contributed by atoms with E-state index in [4.69, 9.17) is 5.73 Å². The highest BCUT2D eigenvalue weighted by molar-refractivity contribution is 9.11. The molecule has 100 valence electrons. The molecule has 4 nitrogen and oxygen atoms in total. The molecular formula is C12H11Br2N3OS. The van der Waals surface area contributed by atoms with E-state index in [2.05, 4.69) is 42.2 Å². The molecule has 0 saturated carbocycles. The summed E-state index contributed by atoms with van der Waals surface area (Å²) in [6, 6.07) is 5.61. The maximum Gasteiger partial charge on any atom is 0.275 e. The van der Waals surface area contributed by atoms with E-state index in [1.807, 2.05) is 18.2 Å². The Morgan fingerprint density at radius 3 is 2.68 bits per heavy atom. The molecule has 0 unspecified atom stereocenters. The van der Waals surface area contributed by atoms with Crippen LogP contribution < -0.4 is 11.1 Å². The quantitative estimate of drug-likeness (QED) is 0.820. The number of halogens is 2. The second kappa shape index (κ2) is 6.60. The van der Waals surface area contributed by atoms with Crippen molar-refractivity contribution in [2.75, 3.05) is 11.9 Å². The Kier molecular flexibility index (Phi) is 5.09. The highest BCUT2D eigenvalue weighted by atomic mass is 79.9. The molecule has 0 radical (unpaired) electrons. The van der Waals surface area contributed by atoms with Crippen molar-refractivity contribution in [2.45, 2.75) is 6.42 Å². The Morgan fingerprint density at radius 2 is 2.05 bits per heavy atom. The first-order valence-electron chi connectivity index (χ1n) is 5.51. The third kappa shape index (κ3) is 3.62. The summed E-state index contributed by atoms with van der Waals surface area (Å²) >= 11 is 8.24. The first-order valence-corrected chi connectivity index (χ1v) is 7.98. The van der Waals surface area contributed by atoms with Gasteiger partial charge in [0.25, 0.3) is 5.91 Å². The number of amides is 1. The number of nitrogens with zero attached hydrogens (tertiary/aromatic N) is 1. The Labute approximate surface area is 131 Å². The van der Waals surface area contributed by atoms with Crippen LogP contribution >= 0.6 is 43.2 Å². The zero-order chi connectivity index (χ0) is 13.8. The zero-order valence-electron chi connectivity index (χ0n) is 9.82. The van der Waals surface area contributed by atoms with E-state index in [0.717, 1.165) is 14.0 Å². The largest absolute Gasteiger partial charge is 0.330 e. The molecule has 0 saturated heterocycles. The van der Waals surface area contributed by atoms with Gasteiger partial charge in [0.05, 0.1) is 10.7 Å². The molecule has 0 bridgehead atoms. The number of nitrogens with two attached hydrogens (primary N) is 1. The second-order valence-electron chi connectivity index (χ2n) is 3.72. The summed E-state index contributed by atoms with van der Waals surface area (Å²) in [6.45, 7) is 0.532. The predicted octanol–water partition coefficient (Wildman–Crippen LogP) is 3.42. The number of hydrogen-bond acceptors (Lipinski definition) is 4. The van der Waals surface area contributed by atoms with Crippen molar-refractivity contribution in [1.82, 2.24) is 4.98 Å². The average molecular weight is 405 g/mol. The summed E-state index contributed by atoms with van der Waals surface area (Å²) in [6.07, 6.45) is 0.691. The molecule has 0 aliphatic rings. The van der Waals surface area contributed by atoms with Crippen molar-refractivity contribution in [3.63, 3.8) is 0 Å². The van der Waals surface area contributed by atoms with Crippen molar-refractivity contribution >= 4 is 54.8 Å². The monoisotopic (exact) mass is 403 g/mol. The lowest BCUT2D eigenvalue weighted by atomic mass is 10.3. The number of anilines is 1. The van der Waals surface area contributed by atoms with E-state index in [1.54, 1.807) is 5.38 Å². The zero-order valence-corrected chi connectivity index (χ0v) is 13.8. The van der Waals surface area contributed by atoms with E-state index in [-0.39, 0.29) is 5.91 Å². The predicted molar refractivity (Wildman–Crippen MR) is 84.7 cm³/mol. The molecule has 1 heterocycles. The fraction of sp³-hybridized carbons (Fsp3) is 0.167. The number of aromatic nitrogens is 1. The number of nitrogens with one attached hydrogen (secondary N) is 1. The van der Waals surface area contributed by atoms with Crippen molar-refractivity contribution in [3.05, 3.63) is 43.2 Å². The third-order valence-corrected chi connectivity index (χ3v) is 4.57. The van der Waals surface area contributed by atoms with Crippen LogP contribution in [0.3, 0.4) is 0 Å². The number of benzene rings is 1. The summed E-state index contributed by atoms with van der Waals surface area (Å²) in [5.74, 6) is -0.230. The van der Waals surface area contributed by atoms with Gasteiger partial charge in [-0.05, 0) is 50.5 Å². The fourth-order valence-corrected chi connectivity index (χ4v) is 3.44. The molecule has 0 atom stereocenters. The van der Waals surface area contributed by atoms with E-state index < -0.39 is 0 Å². The summed E-state index contributed by atoms with van der Waals surface area (Å²) in [5.41, 5.74) is 6.57. The van der Waals surface area contributed by atoms with Crippen LogP contribution in [0.2, 0.25) is 0 Å². The molecule has 19 heavy (non-hydrogen) atoms. The summed E-state index contributed by atoms with van der Waals surface area (Å²) in [4.78, 5) is 16.3. The third-order valence-electron chi connectivity index (χ3n) is 2.34. The van der Waals surface area contributed by atoms with Gasteiger partial charge < -0.3 is 11.1 Å². The van der Waals surface area contributed by atoms with Crippen molar-refractivity contribution < 1.29 is 4.79 Å². The van der Waals surface area contributed by atoms with Gasteiger partial charge in [-0.2, -0.15) is 0 Å². The summed E-state index contributed by atoms with van der Waals surface area (Å²) in [5, 5.41) is 5.45. The van der Waals surface area contributed by atoms with Gasteiger partial charge in [0.1, 0.15) is 5.69 Å². The lowest BCUT2D eigenvalue weighted by Gasteiger charge is -2.07. The molecule has 1 aromatic heterocycles. The van der Waals surface area contributed by atoms with Crippen LogP contribution in [0.1, 0.15) is 15.5 Å². The first-order chi connectivity index (χ1) is 9.11. The molecule has 0 aliphatic carbocycles. The van der Waals surface area contributed by atoms with Gasteiger partial charge >= 0.3 is 0 Å². The number of rotatable bonds is 4. The van der Waals surface area contributed by atoms with Gasteiger partial charge in [-0.3, -0.25) is 4.79 Å². The Bertz CT molecular complexity index is 580. The maximum atomic E-state index is 12.1. The minimum Gasteiger partial charge on any atom is -0.330 e. The van der Waals surface area contributed by atoms with Gasteiger partial charge in [-0.25, -0.2) is 4.98 Å². The van der Waals surface area contributed by atoms with Gasteiger partial charge in [-0.1, -0.05) is 6.07 Å². The fourth-order valence-electron chi connectivity index (χ4n) is 1.45. The van der Waals surface area contributed by atoms with Crippen LogP contribution in [0.25, 0.3) is 0 Å². The highest BCUT2D eigenvalue weighted by Crippen LogP contribution is 2.30. The molecular weight excluding hydrogens is 394 g/mol. The molecule has 3 N–H and O–H groups in total. The standard InChI is InChI=1S/C12H11Br2N3OS/c13-7-2-1-3-8(14)11(7)17-12(18)9-6-19-10(16-9)4-5-15/h1-3,6H,4-5,15H2,(H,17,18). The number of carbonyl (C=O) groups excluding carboxylic acids is 1. The van der Waals surface area contributed by atoms with Crippen LogP contribution in [-0.2, 0) is 6.42 Å². The number of carbonyl (C=O) groups is 1. The van der Waals surface area contributed by atoms with Gasteiger partial charge in [0.2, 0.25) is 0 Å². The van der Waals surface area contributed by atoms with Crippen LogP contribution in [0, 0.1) is 0 Å². The minimum absolute atomic E-state index is 0.230. The molecule has 1 amide bonds. The Morgan fingerprint density at radius 1 is 1.37 bits per heavy atom. The second-order valence-corrected chi connectivity index (χ2v) is 6.37. The SMILES string of the molecule is NCCc1nc(C(=O)Nc2c(Br)cccc2Br)cs1. The van der Waals surface area contributed by atoms with E-state index in [1.165, 1.54) is 11.3 Å². The molecule has 7 heteroatoms. The number of para-hydroxylation sites is 1. The molecule has 0 aliphatic heterocycles. The smallest absolute Gasteiger partial charge is 0.275 e. The molecule has 1 aromatic carbocycles. The van der Waals surface area contributed by atoms with Crippen LogP contribution in [0.15, 0.2) is 32.5 Å². The molecule has 2 rings (SSSR count). The maximum absolute atomic E-state index is 12.1. The Hall–Kier alpha value is -0.760. The highest BCUT2D eigenvalue weighted by Gasteiger charge is 2.13. The van der Waals surface area contributed by atoms with Crippen molar-refractivity contribution in [2.24, 2.45) is 5.73 Å². The molecule has 0 fully saturated rings. The molecule has 0 spiro atoms. The van der Waals surface area contributed by atoms with Crippen LogP contribution in [0.5, 0.6) is 0 Å². The normalized spacial score (nSPS) is 10.5. The number of thiazole rings is 1. The van der Waals surface area contributed by atoms with Crippen molar-refractivity contribution in [1.29, 1.82) is 0 Å². The number of hydrogen-bond donors (Lipinski definition) is 2. The summed E-state index contributed by atoms with van der Waals surface area (Å²) in [7, 11) is 0. The lowest BCUT2D eigenvalue weighted by molar-refractivity contribution is 0.102. The van der Waals surface area contributed by atoms with Crippen LogP contribution in [-0.4, -0.2) is 17.4 Å².